The summed E-state index contributed by atoms with van der Waals surface area (Å²) in [6.07, 6.45) is 0. The number of methoxy groups -OCH3 is 3. The Labute approximate surface area is 136 Å². The Hall–Kier alpha value is -1.99. The summed E-state index contributed by atoms with van der Waals surface area (Å²) in [7, 11) is 4.69. The SMILES string of the molecule is COc1cc(CNC(=O)CN2CCOCC2)cc(OC)c1OC. The molecule has 1 fully saturated rings. The van der Waals surface area contributed by atoms with Crippen LogP contribution in [0.3, 0.4) is 0 Å². The lowest BCUT2D eigenvalue weighted by Gasteiger charge is -2.25. The zero-order valence-electron chi connectivity index (χ0n) is 13.9. The molecule has 1 aliphatic rings. The van der Waals surface area contributed by atoms with E-state index in [4.69, 9.17) is 18.9 Å². The molecule has 2 rings (SSSR count). The molecule has 1 saturated heterocycles. The third kappa shape index (κ3) is 4.74. The zero-order chi connectivity index (χ0) is 16.7. The van der Waals surface area contributed by atoms with Gasteiger partial charge >= 0.3 is 0 Å². The van der Waals surface area contributed by atoms with Gasteiger partial charge in [-0.2, -0.15) is 0 Å². The number of rotatable bonds is 7. The highest BCUT2D eigenvalue weighted by Gasteiger charge is 2.16. The van der Waals surface area contributed by atoms with Gasteiger partial charge in [0.2, 0.25) is 11.7 Å². The molecule has 1 amide bonds. The summed E-state index contributed by atoms with van der Waals surface area (Å²) >= 11 is 0. The van der Waals surface area contributed by atoms with E-state index in [1.165, 1.54) is 0 Å². The average Bonchev–Trinajstić information content (AvgIpc) is 2.59. The van der Waals surface area contributed by atoms with Crippen LogP contribution in [0.25, 0.3) is 0 Å². The summed E-state index contributed by atoms with van der Waals surface area (Å²) in [6, 6.07) is 3.66. The predicted octanol–water partition coefficient (Wildman–Crippen LogP) is 0.661. The van der Waals surface area contributed by atoms with E-state index in [2.05, 4.69) is 10.2 Å². The lowest BCUT2D eigenvalue weighted by Crippen LogP contribution is -2.43. The van der Waals surface area contributed by atoms with Crippen LogP contribution in [0.2, 0.25) is 0 Å². The van der Waals surface area contributed by atoms with E-state index in [1.807, 2.05) is 12.1 Å². The topological polar surface area (TPSA) is 69.3 Å². The van der Waals surface area contributed by atoms with Gasteiger partial charge in [0.15, 0.2) is 11.5 Å². The van der Waals surface area contributed by atoms with Crippen molar-refractivity contribution in [2.24, 2.45) is 0 Å². The summed E-state index contributed by atoms with van der Waals surface area (Å²) in [5.74, 6) is 1.67. The third-order valence-corrected chi connectivity index (χ3v) is 3.69. The molecule has 0 radical (unpaired) electrons. The molecule has 0 saturated carbocycles. The quantitative estimate of drug-likeness (QED) is 0.795. The smallest absolute Gasteiger partial charge is 0.234 e. The minimum absolute atomic E-state index is 0.0133. The summed E-state index contributed by atoms with van der Waals surface area (Å²) in [6.45, 7) is 3.73. The molecular weight excluding hydrogens is 300 g/mol. The molecule has 0 atom stereocenters. The molecule has 0 unspecified atom stereocenters. The van der Waals surface area contributed by atoms with Crippen molar-refractivity contribution in [2.75, 3.05) is 54.2 Å². The van der Waals surface area contributed by atoms with Gasteiger partial charge in [-0.15, -0.1) is 0 Å². The van der Waals surface area contributed by atoms with Crippen LogP contribution in [0.15, 0.2) is 12.1 Å². The van der Waals surface area contributed by atoms with Gasteiger partial charge in [-0.05, 0) is 17.7 Å². The minimum atomic E-state index is -0.0133. The summed E-state index contributed by atoms with van der Waals surface area (Å²) in [5, 5.41) is 2.91. The van der Waals surface area contributed by atoms with Crippen LogP contribution in [0.1, 0.15) is 5.56 Å². The van der Waals surface area contributed by atoms with Crippen molar-refractivity contribution in [3.63, 3.8) is 0 Å². The summed E-state index contributed by atoms with van der Waals surface area (Å²) in [5.41, 5.74) is 0.884. The Morgan fingerprint density at radius 3 is 2.26 bits per heavy atom. The molecule has 0 aliphatic carbocycles. The fraction of sp³-hybridized carbons (Fsp3) is 0.562. The Morgan fingerprint density at radius 1 is 1.13 bits per heavy atom. The van der Waals surface area contributed by atoms with E-state index < -0.39 is 0 Å². The number of amides is 1. The number of benzene rings is 1. The van der Waals surface area contributed by atoms with Crippen LogP contribution in [-0.2, 0) is 16.1 Å². The maximum absolute atomic E-state index is 12.0. The van der Waals surface area contributed by atoms with E-state index in [9.17, 15) is 4.79 Å². The van der Waals surface area contributed by atoms with Crippen molar-refractivity contribution in [2.45, 2.75) is 6.54 Å². The number of carbonyl (C=O) groups is 1. The number of hydrogen-bond acceptors (Lipinski definition) is 6. The Bertz CT molecular complexity index is 504. The van der Waals surface area contributed by atoms with E-state index in [0.717, 1.165) is 18.7 Å². The van der Waals surface area contributed by atoms with Gasteiger partial charge in [-0.3, -0.25) is 9.69 Å². The molecule has 7 nitrogen and oxygen atoms in total. The number of ether oxygens (including phenoxy) is 4. The van der Waals surface area contributed by atoms with Crippen LogP contribution in [0, 0.1) is 0 Å². The van der Waals surface area contributed by atoms with Gasteiger partial charge in [0.25, 0.3) is 0 Å². The Morgan fingerprint density at radius 2 is 1.74 bits per heavy atom. The van der Waals surface area contributed by atoms with Crippen LogP contribution in [0.5, 0.6) is 17.2 Å². The highest BCUT2D eigenvalue weighted by molar-refractivity contribution is 5.78. The normalized spacial score (nSPS) is 15.1. The standard InChI is InChI=1S/C16H24N2O5/c1-20-13-8-12(9-14(21-2)16(13)22-3)10-17-15(19)11-18-4-6-23-7-5-18/h8-9H,4-7,10-11H2,1-3H3,(H,17,19). The summed E-state index contributed by atoms with van der Waals surface area (Å²) in [4.78, 5) is 14.1. The number of hydrogen-bond donors (Lipinski definition) is 1. The predicted molar refractivity (Wildman–Crippen MR) is 85.2 cm³/mol. The first kappa shape index (κ1) is 17.4. The third-order valence-electron chi connectivity index (χ3n) is 3.69. The van der Waals surface area contributed by atoms with Crippen molar-refractivity contribution in [1.29, 1.82) is 0 Å². The maximum atomic E-state index is 12.0. The minimum Gasteiger partial charge on any atom is -0.493 e. The van der Waals surface area contributed by atoms with Gasteiger partial charge in [0, 0.05) is 19.6 Å². The number of nitrogens with zero attached hydrogens (tertiary/aromatic N) is 1. The Kier molecular flexibility index (Phi) is 6.49. The molecule has 1 aromatic rings. The maximum Gasteiger partial charge on any atom is 0.234 e. The van der Waals surface area contributed by atoms with E-state index in [1.54, 1.807) is 21.3 Å². The van der Waals surface area contributed by atoms with E-state index >= 15 is 0 Å². The number of carbonyl (C=O) groups excluding carboxylic acids is 1. The van der Waals surface area contributed by atoms with Gasteiger partial charge in [-0.1, -0.05) is 0 Å². The molecule has 1 aliphatic heterocycles. The Balaban J connectivity index is 1.95. The lowest BCUT2D eigenvalue weighted by molar-refractivity contribution is -0.123. The van der Waals surface area contributed by atoms with Crippen molar-refractivity contribution in [1.82, 2.24) is 10.2 Å². The second-order valence-corrected chi connectivity index (χ2v) is 5.20. The zero-order valence-corrected chi connectivity index (χ0v) is 13.9. The fourth-order valence-corrected chi connectivity index (χ4v) is 2.46. The molecule has 128 valence electrons. The first-order valence-corrected chi connectivity index (χ1v) is 7.53. The largest absolute Gasteiger partial charge is 0.493 e. The molecule has 1 aromatic carbocycles. The molecule has 0 bridgehead atoms. The van der Waals surface area contributed by atoms with Crippen LogP contribution in [0.4, 0.5) is 0 Å². The molecule has 7 heteroatoms. The van der Waals surface area contributed by atoms with Crippen LogP contribution >= 0.6 is 0 Å². The fourth-order valence-electron chi connectivity index (χ4n) is 2.46. The second kappa shape index (κ2) is 8.59. The van der Waals surface area contributed by atoms with Gasteiger partial charge in [0.05, 0.1) is 41.1 Å². The molecule has 1 heterocycles. The first-order chi connectivity index (χ1) is 11.2. The highest BCUT2D eigenvalue weighted by Crippen LogP contribution is 2.38. The summed E-state index contributed by atoms with van der Waals surface area (Å²) < 4.78 is 21.2. The van der Waals surface area contributed by atoms with E-state index in [0.29, 0.717) is 43.6 Å². The van der Waals surface area contributed by atoms with Crippen molar-refractivity contribution in [3.8, 4) is 17.2 Å². The molecule has 0 aromatic heterocycles. The first-order valence-electron chi connectivity index (χ1n) is 7.53. The monoisotopic (exact) mass is 324 g/mol. The van der Waals surface area contributed by atoms with Gasteiger partial charge in [0.1, 0.15) is 0 Å². The molecule has 0 spiro atoms. The van der Waals surface area contributed by atoms with E-state index in [-0.39, 0.29) is 5.91 Å². The van der Waals surface area contributed by atoms with Gasteiger partial charge < -0.3 is 24.3 Å². The molecule has 23 heavy (non-hydrogen) atoms. The van der Waals surface area contributed by atoms with Crippen molar-refractivity contribution in [3.05, 3.63) is 17.7 Å². The van der Waals surface area contributed by atoms with Crippen molar-refractivity contribution < 1.29 is 23.7 Å². The van der Waals surface area contributed by atoms with Gasteiger partial charge in [-0.25, -0.2) is 0 Å². The lowest BCUT2D eigenvalue weighted by atomic mass is 10.1. The average molecular weight is 324 g/mol. The second-order valence-electron chi connectivity index (χ2n) is 5.20. The number of morpholine rings is 1. The van der Waals surface area contributed by atoms with Crippen LogP contribution in [-0.4, -0.2) is 65.0 Å². The number of nitrogens with one attached hydrogen (secondary N) is 1. The van der Waals surface area contributed by atoms with Crippen LogP contribution < -0.4 is 19.5 Å². The molecular formula is C16H24N2O5. The van der Waals surface area contributed by atoms with Crippen molar-refractivity contribution >= 4 is 5.91 Å². The highest BCUT2D eigenvalue weighted by atomic mass is 16.5. The molecule has 1 N–H and O–H groups in total.